The van der Waals surface area contributed by atoms with Gasteiger partial charge in [0.1, 0.15) is 5.75 Å². The minimum Gasteiger partial charge on any atom is -0.497 e. The van der Waals surface area contributed by atoms with Crippen LogP contribution in [-0.2, 0) is 4.79 Å². The predicted octanol–water partition coefficient (Wildman–Crippen LogP) is 2.11. The highest BCUT2D eigenvalue weighted by atomic mass is 16.5. The van der Waals surface area contributed by atoms with Crippen LogP contribution in [0.25, 0.3) is 0 Å². The standard InChI is InChI=1S/C17H19N3O3/c1-18-17(22)12-4-3-5-14(10-12)20-16(21)11-19-13-6-8-15(23-2)9-7-13/h3-10,19H,11H2,1-2H3,(H,18,22)(H,20,21). The van der Waals surface area contributed by atoms with Gasteiger partial charge in [-0.25, -0.2) is 0 Å². The highest BCUT2D eigenvalue weighted by Gasteiger charge is 2.06. The van der Waals surface area contributed by atoms with E-state index in [0.717, 1.165) is 11.4 Å². The smallest absolute Gasteiger partial charge is 0.251 e. The van der Waals surface area contributed by atoms with E-state index in [2.05, 4.69) is 16.0 Å². The summed E-state index contributed by atoms with van der Waals surface area (Å²) >= 11 is 0. The summed E-state index contributed by atoms with van der Waals surface area (Å²) in [7, 11) is 3.16. The van der Waals surface area contributed by atoms with Crippen LogP contribution in [0.15, 0.2) is 48.5 Å². The Balaban J connectivity index is 1.90. The van der Waals surface area contributed by atoms with E-state index in [-0.39, 0.29) is 18.4 Å². The minimum absolute atomic E-state index is 0.122. The number of carbonyl (C=O) groups is 2. The Labute approximate surface area is 134 Å². The van der Waals surface area contributed by atoms with Crippen LogP contribution in [-0.4, -0.2) is 32.5 Å². The lowest BCUT2D eigenvalue weighted by atomic mass is 10.2. The van der Waals surface area contributed by atoms with E-state index in [9.17, 15) is 9.59 Å². The molecule has 0 atom stereocenters. The van der Waals surface area contributed by atoms with Crippen LogP contribution < -0.4 is 20.7 Å². The molecule has 0 radical (unpaired) electrons. The maximum Gasteiger partial charge on any atom is 0.251 e. The summed E-state index contributed by atoms with van der Waals surface area (Å²) in [5.74, 6) is 0.360. The molecule has 0 aliphatic carbocycles. The van der Waals surface area contributed by atoms with Gasteiger partial charge in [-0.2, -0.15) is 0 Å². The molecule has 0 aromatic heterocycles. The molecule has 2 amide bonds. The van der Waals surface area contributed by atoms with Crippen molar-refractivity contribution < 1.29 is 14.3 Å². The van der Waals surface area contributed by atoms with E-state index in [1.807, 2.05) is 24.3 Å². The molecule has 6 nitrogen and oxygen atoms in total. The second-order valence-corrected chi connectivity index (χ2v) is 4.79. The second kappa shape index (κ2) is 7.84. The van der Waals surface area contributed by atoms with E-state index in [0.29, 0.717) is 11.3 Å². The molecule has 2 aromatic rings. The van der Waals surface area contributed by atoms with Crippen molar-refractivity contribution >= 4 is 23.2 Å². The fourth-order valence-electron chi connectivity index (χ4n) is 1.98. The van der Waals surface area contributed by atoms with Crippen molar-refractivity contribution in [1.29, 1.82) is 0 Å². The molecule has 3 N–H and O–H groups in total. The molecule has 0 aliphatic heterocycles. The van der Waals surface area contributed by atoms with Crippen LogP contribution in [0.3, 0.4) is 0 Å². The normalized spacial score (nSPS) is 9.83. The third kappa shape index (κ3) is 4.74. The molecule has 120 valence electrons. The minimum atomic E-state index is -0.199. The molecular formula is C17H19N3O3. The Morgan fingerprint density at radius 1 is 1.04 bits per heavy atom. The zero-order valence-corrected chi connectivity index (χ0v) is 13.1. The summed E-state index contributed by atoms with van der Waals surface area (Å²) < 4.78 is 5.07. The molecule has 0 heterocycles. The molecule has 0 saturated heterocycles. The zero-order chi connectivity index (χ0) is 16.7. The highest BCUT2D eigenvalue weighted by Crippen LogP contribution is 2.15. The molecule has 2 aromatic carbocycles. The number of ether oxygens (including phenoxy) is 1. The number of hydrogen-bond acceptors (Lipinski definition) is 4. The van der Waals surface area contributed by atoms with Gasteiger partial charge in [0, 0.05) is 24.0 Å². The molecular weight excluding hydrogens is 294 g/mol. The van der Waals surface area contributed by atoms with Gasteiger partial charge < -0.3 is 20.7 Å². The number of hydrogen-bond donors (Lipinski definition) is 3. The third-order valence-electron chi connectivity index (χ3n) is 3.18. The molecule has 6 heteroatoms. The summed E-state index contributed by atoms with van der Waals surface area (Å²) in [5.41, 5.74) is 1.89. The number of rotatable bonds is 6. The quantitative estimate of drug-likeness (QED) is 0.763. The topological polar surface area (TPSA) is 79.5 Å². The number of methoxy groups -OCH3 is 1. The first-order valence-electron chi connectivity index (χ1n) is 7.12. The fraction of sp³-hybridized carbons (Fsp3) is 0.176. The molecule has 0 bridgehead atoms. The summed E-state index contributed by atoms with van der Waals surface area (Å²) in [6.45, 7) is 0.122. The van der Waals surface area contributed by atoms with Gasteiger partial charge in [-0.05, 0) is 42.5 Å². The number of nitrogens with one attached hydrogen (secondary N) is 3. The van der Waals surface area contributed by atoms with Crippen LogP contribution in [0, 0.1) is 0 Å². The van der Waals surface area contributed by atoms with Gasteiger partial charge in [0.25, 0.3) is 5.91 Å². The average molecular weight is 313 g/mol. The summed E-state index contributed by atoms with van der Waals surface area (Å²) in [6, 6.07) is 14.1. The second-order valence-electron chi connectivity index (χ2n) is 4.79. The predicted molar refractivity (Wildman–Crippen MR) is 89.9 cm³/mol. The van der Waals surface area contributed by atoms with Crippen molar-refractivity contribution in [3.63, 3.8) is 0 Å². The maximum absolute atomic E-state index is 12.0. The van der Waals surface area contributed by atoms with Crippen LogP contribution in [0.1, 0.15) is 10.4 Å². The van der Waals surface area contributed by atoms with Crippen molar-refractivity contribution in [2.45, 2.75) is 0 Å². The van der Waals surface area contributed by atoms with Gasteiger partial charge in [0.15, 0.2) is 0 Å². The summed E-state index contributed by atoms with van der Waals surface area (Å²) in [6.07, 6.45) is 0. The zero-order valence-electron chi connectivity index (χ0n) is 13.1. The van der Waals surface area contributed by atoms with E-state index in [4.69, 9.17) is 4.74 Å². The number of amides is 2. The Hall–Kier alpha value is -3.02. The van der Waals surface area contributed by atoms with Gasteiger partial charge in [-0.3, -0.25) is 9.59 Å². The molecule has 0 spiro atoms. The summed E-state index contributed by atoms with van der Waals surface area (Å²) in [4.78, 5) is 23.5. The van der Waals surface area contributed by atoms with Gasteiger partial charge >= 0.3 is 0 Å². The monoisotopic (exact) mass is 313 g/mol. The number of benzene rings is 2. The lowest BCUT2D eigenvalue weighted by molar-refractivity contribution is -0.114. The SMILES string of the molecule is CNC(=O)c1cccc(NC(=O)CNc2ccc(OC)cc2)c1. The van der Waals surface area contributed by atoms with Crippen molar-refractivity contribution in [3.8, 4) is 5.75 Å². The molecule has 0 unspecified atom stereocenters. The van der Waals surface area contributed by atoms with Crippen LogP contribution in [0.4, 0.5) is 11.4 Å². The van der Waals surface area contributed by atoms with Crippen LogP contribution >= 0.6 is 0 Å². The lowest BCUT2D eigenvalue weighted by Gasteiger charge is -2.09. The van der Waals surface area contributed by atoms with E-state index < -0.39 is 0 Å². The van der Waals surface area contributed by atoms with E-state index >= 15 is 0 Å². The molecule has 2 rings (SSSR count). The van der Waals surface area contributed by atoms with Gasteiger partial charge in [-0.1, -0.05) is 6.07 Å². The average Bonchev–Trinajstić information content (AvgIpc) is 2.60. The third-order valence-corrected chi connectivity index (χ3v) is 3.18. The number of carbonyl (C=O) groups excluding carboxylic acids is 2. The first kappa shape index (κ1) is 16.4. The Kier molecular flexibility index (Phi) is 5.57. The van der Waals surface area contributed by atoms with Crippen LogP contribution in [0.2, 0.25) is 0 Å². The van der Waals surface area contributed by atoms with Crippen molar-refractivity contribution in [1.82, 2.24) is 5.32 Å². The molecule has 23 heavy (non-hydrogen) atoms. The van der Waals surface area contributed by atoms with E-state index in [1.165, 1.54) is 0 Å². The first-order chi connectivity index (χ1) is 11.1. The Morgan fingerprint density at radius 2 is 1.78 bits per heavy atom. The largest absolute Gasteiger partial charge is 0.497 e. The van der Waals surface area contributed by atoms with Gasteiger partial charge in [-0.15, -0.1) is 0 Å². The van der Waals surface area contributed by atoms with Crippen molar-refractivity contribution in [3.05, 3.63) is 54.1 Å². The Morgan fingerprint density at radius 3 is 2.43 bits per heavy atom. The van der Waals surface area contributed by atoms with Crippen molar-refractivity contribution in [2.24, 2.45) is 0 Å². The highest BCUT2D eigenvalue weighted by molar-refractivity contribution is 5.97. The number of anilines is 2. The van der Waals surface area contributed by atoms with Gasteiger partial charge in [0.05, 0.1) is 13.7 Å². The first-order valence-corrected chi connectivity index (χ1v) is 7.12. The fourth-order valence-corrected chi connectivity index (χ4v) is 1.98. The molecule has 0 fully saturated rings. The van der Waals surface area contributed by atoms with Crippen molar-refractivity contribution in [2.75, 3.05) is 31.3 Å². The molecule has 0 saturated carbocycles. The molecule has 0 aliphatic rings. The van der Waals surface area contributed by atoms with Gasteiger partial charge in [0.2, 0.25) is 5.91 Å². The lowest BCUT2D eigenvalue weighted by Crippen LogP contribution is -2.22. The maximum atomic E-state index is 12.0. The van der Waals surface area contributed by atoms with E-state index in [1.54, 1.807) is 38.4 Å². The van der Waals surface area contributed by atoms with Crippen LogP contribution in [0.5, 0.6) is 5.75 Å². The Bertz CT molecular complexity index is 684. The summed E-state index contributed by atoms with van der Waals surface area (Å²) in [5, 5.41) is 8.31.